The Morgan fingerprint density at radius 2 is 1.63 bits per heavy atom. The maximum atomic E-state index is 9.66. The molecule has 98 valence electrons. The molecule has 2 rings (SSSR count). The number of amides is 4. The molecule has 5 N–H and O–H groups in total. The average molecular weight is 262 g/mol. The molecule has 0 radical (unpaired) electrons. The van der Waals surface area contributed by atoms with Crippen LogP contribution in [0, 0.1) is 0 Å². The lowest BCUT2D eigenvalue weighted by atomic mass is 10.2. The largest absolute Gasteiger partial charge is 0.357 e. The van der Waals surface area contributed by atoms with E-state index in [0.717, 1.165) is 5.56 Å². The van der Waals surface area contributed by atoms with Crippen molar-refractivity contribution in [2.45, 2.75) is 0 Å². The molecule has 1 aromatic heterocycles. The Labute approximate surface area is 106 Å². The summed E-state index contributed by atoms with van der Waals surface area (Å²) < 4.78 is 0. The van der Waals surface area contributed by atoms with Crippen molar-refractivity contribution < 1.29 is 9.59 Å². The highest BCUT2D eigenvalue weighted by Gasteiger charge is 1.98. The van der Waals surface area contributed by atoms with E-state index in [-0.39, 0.29) is 0 Å². The Morgan fingerprint density at radius 3 is 2.05 bits per heavy atom. The van der Waals surface area contributed by atoms with Crippen LogP contribution in [-0.2, 0) is 0 Å². The number of hydrogen-bond acceptors (Lipinski definition) is 5. The molecule has 0 spiro atoms. The Kier molecular flexibility index (Phi) is 5.27. The molecule has 2 aromatic rings. The summed E-state index contributed by atoms with van der Waals surface area (Å²) in [7, 11) is 0. The fraction of sp³-hybridized carbons (Fsp3) is 0. The number of hydrogen-bond donors (Lipinski definition) is 3. The number of carbonyl (C=O) groups is 2. The number of primary amides is 2. The van der Waals surface area contributed by atoms with Crippen molar-refractivity contribution in [1.29, 1.82) is 0 Å². The van der Waals surface area contributed by atoms with E-state index in [1.165, 1.54) is 0 Å². The molecule has 0 bridgehead atoms. The van der Waals surface area contributed by atoms with E-state index in [9.17, 15) is 9.59 Å². The standard InChI is InChI=1S/C7H6N4.C2H4N4O2/c1-2-4-6(5-3-1)7-8-10-11-9-7;3-1(7)5-6-2(4)8/h1-5H,(H,8,9,10,11);(H2,3,7)(H2,4,8). The van der Waals surface area contributed by atoms with Gasteiger partial charge in [-0.1, -0.05) is 40.6 Å². The molecular formula is C9H10N8O2. The maximum Gasteiger partial charge on any atom is 0.357 e. The first-order valence-corrected chi connectivity index (χ1v) is 4.89. The lowest BCUT2D eigenvalue weighted by molar-refractivity contribution is 0.249. The molecular weight excluding hydrogens is 252 g/mol. The van der Waals surface area contributed by atoms with Gasteiger partial charge in [-0.3, -0.25) is 0 Å². The van der Waals surface area contributed by atoms with Gasteiger partial charge in [0.15, 0.2) is 0 Å². The van der Waals surface area contributed by atoms with Gasteiger partial charge in [-0.25, -0.2) is 9.59 Å². The van der Waals surface area contributed by atoms with Gasteiger partial charge in [-0.15, -0.1) is 10.2 Å². The van der Waals surface area contributed by atoms with Crippen LogP contribution in [0.15, 0.2) is 40.6 Å². The second-order valence-electron chi connectivity index (χ2n) is 2.98. The Balaban J connectivity index is 0.000000203. The molecule has 0 aliphatic carbocycles. The van der Waals surface area contributed by atoms with Crippen LogP contribution in [0.1, 0.15) is 0 Å². The Hall–Kier alpha value is -3.17. The first kappa shape index (κ1) is 13.9. The SMILES string of the molecule is NC(=O)N=NC(N)=O.c1ccc(-c2nn[nH]n2)cc1. The highest BCUT2D eigenvalue weighted by atomic mass is 16.2. The van der Waals surface area contributed by atoms with Gasteiger partial charge < -0.3 is 11.5 Å². The van der Waals surface area contributed by atoms with Crippen LogP contribution in [-0.4, -0.2) is 32.7 Å². The number of tetrazole rings is 1. The molecule has 0 fully saturated rings. The second kappa shape index (κ2) is 7.21. The second-order valence-corrected chi connectivity index (χ2v) is 2.98. The van der Waals surface area contributed by atoms with E-state index >= 15 is 0 Å². The average Bonchev–Trinajstić information content (AvgIpc) is 2.92. The van der Waals surface area contributed by atoms with Gasteiger partial charge >= 0.3 is 12.1 Å². The van der Waals surface area contributed by atoms with Crippen LogP contribution in [0.2, 0.25) is 0 Å². The fourth-order valence-electron chi connectivity index (χ4n) is 0.970. The Morgan fingerprint density at radius 1 is 1.05 bits per heavy atom. The van der Waals surface area contributed by atoms with Gasteiger partial charge in [0.1, 0.15) is 0 Å². The fourth-order valence-corrected chi connectivity index (χ4v) is 0.970. The van der Waals surface area contributed by atoms with Gasteiger partial charge in [0.05, 0.1) is 0 Å². The number of nitrogens with two attached hydrogens (primary N) is 2. The summed E-state index contributed by atoms with van der Waals surface area (Å²) >= 11 is 0. The predicted octanol–water partition coefficient (Wildman–Crippen LogP) is 0.463. The van der Waals surface area contributed by atoms with E-state index in [1.54, 1.807) is 0 Å². The molecule has 0 saturated heterocycles. The summed E-state index contributed by atoms with van der Waals surface area (Å²) in [4.78, 5) is 19.3. The number of aromatic nitrogens is 4. The molecule has 0 aliphatic heterocycles. The highest BCUT2D eigenvalue weighted by Crippen LogP contribution is 2.10. The molecule has 0 aliphatic rings. The van der Waals surface area contributed by atoms with Gasteiger partial charge in [0.25, 0.3) is 0 Å². The van der Waals surface area contributed by atoms with E-state index in [2.05, 4.69) is 42.3 Å². The first-order chi connectivity index (χ1) is 9.09. The quantitative estimate of drug-likeness (QED) is 0.634. The molecule has 0 atom stereocenters. The number of urea groups is 2. The van der Waals surface area contributed by atoms with Crippen molar-refractivity contribution in [1.82, 2.24) is 20.6 Å². The van der Waals surface area contributed by atoms with E-state index < -0.39 is 12.1 Å². The number of benzene rings is 1. The van der Waals surface area contributed by atoms with Crippen molar-refractivity contribution in [2.24, 2.45) is 21.7 Å². The summed E-state index contributed by atoms with van der Waals surface area (Å²) in [6.45, 7) is 0. The molecule has 10 heteroatoms. The summed E-state index contributed by atoms with van der Waals surface area (Å²) in [5.74, 6) is 0.630. The van der Waals surface area contributed by atoms with Crippen molar-refractivity contribution in [3.05, 3.63) is 30.3 Å². The van der Waals surface area contributed by atoms with Crippen LogP contribution in [0.4, 0.5) is 9.59 Å². The van der Waals surface area contributed by atoms with Crippen LogP contribution >= 0.6 is 0 Å². The summed E-state index contributed by atoms with van der Waals surface area (Å²) in [5.41, 5.74) is 9.84. The van der Waals surface area contributed by atoms with Crippen molar-refractivity contribution >= 4 is 12.1 Å². The third kappa shape index (κ3) is 5.63. The Bertz CT molecular complexity index is 535. The predicted molar refractivity (Wildman–Crippen MR) is 63.6 cm³/mol. The smallest absolute Gasteiger partial charge is 0.348 e. The molecule has 0 unspecified atom stereocenters. The minimum Gasteiger partial charge on any atom is -0.348 e. The third-order valence-corrected chi connectivity index (χ3v) is 1.62. The monoisotopic (exact) mass is 262 g/mol. The minimum atomic E-state index is -1.04. The van der Waals surface area contributed by atoms with Gasteiger partial charge in [0.2, 0.25) is 5.82 Å². The van der Waals surface area contributed by atoms with Crippen LogP contribution in [0.5, 0.6) is 0 Å². The van der Waals surface area contributed by atoms with Crippen LogP contribution in [0.25, 0.3) is 11.4 Å². The highest BCUT2D eigenvalue weighted by molar-refractivity contribution is 5.77. The molecule has 0 saturated carbocycles. The van der Waals surface area contributed by atoms with Crippen LogP contribution < -0.4 is 11.5 Å². The molecule has 1 heterocycles. The summed E-state index contributed by atoms with van der Waals surface area (Å²) in [6, 6.07) is 7.61. The van der Waals surface area contributed by atoms with Crippen molar-refractivity contribution in [3.63, 3.8) is 0 Å². The molecule has 10 nitrogen and oxygen atoms in total. The van der Waals surface area contributed by atoms with Crippen molar-refractivity contribution in [3.8, 4) is 11.4 Å². The van der Waals surface area contributed by atoms with Gasteiger partial charge in [-0.2, -0.15) is 5.21 Å². The molecule has 19 heavy (non-hydrogen) atoms. The van der Waals surface area contributed by atoms with Gasteiger partial charge in [0, 0.05) is 5.56 Å². The summed E-state index contributed by atoms with van der Waals surface area (Å²) in [6.07, 6.45) is 0. The number of nitrogens with one attached hydrogen (secondary N) is 1. The van der Waals surface area contributed by atoms with E-state index in [1.807, 2.05) is 30.3 Å². The summed E-state index contributed by atoms with van der Waals surface area (Å²) in [5, 5.41) is 18.8. The number of nitrogens with zero attached hydrogens (tertiary/aromatic N) is 5. The zero-order chi connectivity index (χ0) is 14.1. The zero-order valence-electron chi connectivity index (χ0n) is 9.59. The number of azo groups is 1. The van der Waals surface area contributed by atoms with E-state index in [0.29, 0.717) is 5.82 Å². The van der Waals surface area contributed by atoms with Crippen molar-refractivity contribution in [2.75, 3.05) is 0 Å². The number of rotatable bonds is 1. The molecule has 1 aromatic carbocycles. The topological polar surface area (TPSA) is 165 Å². The lowest BCUT2D eigenvalue weighted by Gasteiger charge is -1.89. The van der Waals surface area contributed by atoms with Crippen LogP contribution in [0.3, 0.4) is 0 Å². The normalized spacial score (nSPS) is 9.68. The zero-order valence-corrected chi connectivity index (χ0v) is 9.59. The number of aromatic amines is 1. The van der Waals surface area contributed by atoms with Gasteiger partial charge in [-0.05, 0) is 5.21 Å². The third-order valence-electron chi connectivity index (χ3n) is 1.62. The number of carbonyl (C=O) groups excluding carboxylic acids is 2. The first-order valence-electron chi connectivity index (χ1n) is 4.89. The van der Waals surface area contributed by atoms with E-state index in [4.69, 9.17) is 0 Å². The lowest BCUT2D eigenvalue weighted by Crippen LogP contribution is -2.07. The molecule has 4 amide bonds. The number of H-pyrrole nitrogens is 1. The maximum absolute atomic E-state index is 9.66. The minimum absolute atomic E-state index is 0.630.